The zero-order valence-corrected chi connectivity index (χ0v) is 16.0. The molecule has 2 aromatic heterocycles. The molecule has 7 heteroatoms. The van der Waals surface area contributed by atoms with Crippen LogP contribution in [0.4, 0.5) is 0 Å². The standard InChI is InChI=1S/C18H23N5OS/c1-6-23-16(14-9-7-8-12(4)10-14)20-21-18(23)25-13(5)17-19-15(11(2)3)22-24-17/h7-11,13H,6H2,1-5H3. The second kappa shape index (κ2) is 7.39. The molecule has 0 saturated heterocycles. The lowest BCUT2D eigenvalue weighted by molar-refractivity contribution is 0.373. The lowest BCUT2D eigenvalue weighted by Gasteiger charge is -2.09. The predicted molar refractivity (Wildman–Crippen MR) is 98.5 cm³/mol. The van der Waals surface area contributed by atoms with Crippen LogP contribution in [0.3, 0.4) is 0 Å². The van der Waals surface area contributed by atoms with Crippen LogP contribution in [0, 0.1) is 6.92 Å². The molecule has 6 nitrogen and oxygen atoms in total. The maximum absolute atomic E-state index is 5.40. The van der Waals surface area contributed by atoms with E-state index in [1.807, 2.05) is 26.8 Å². The van der Waals surface area contributed by atoms with Crippen LogP contribution in [0.15, 0.2) is 33.9 Å². The molecule has 0 fully saturated rings. The van der Waals surface area contributed by atoms with Crippen LogP contribution in [-0.2, 0) is 6.54 Å². The SMILES string of the molecule is CCn1c(SC(C)c2nc(C(C)C)no2)nnc1-c1cccc(C)c1. The van der Waals surface area contributed by atoms with E-state index in [9.17, 15) is 0 Å². The van der Waals surface area contributed by atoms with Gasteiger partial charge in [0.1, 0.15) is 0 Å². The number of aromatic nitrogens is 5. The summed E-state index contributed by atoms with van der Waals surface area (Å²) >= 11 is 1.59. The van der Waals surface area contributed by atoms with Crippen LogP contribution in [0.5, 0.6) is 0 Å². The van der Waals surface area contributed by atoms with Crippen LogP contribution in [0.1, 0.15) is 56.1 Å². The molecule has 0 saturated carbocycles. The Labute approximate surface area is 152 Å². The summed E-state index contributed by atoms with van der Waals surface area (Å²) in [5.41, 5.74) is 2.28. The molecule has 1 atom stereocenters. The highest BCUT2D eigenvalue weighted by Gasteiger charge is 2.21. The average molecular weight is 357 g/mol. The molecule has 0 aliphatic rings. The second-order valence-electron chi connectivity index (χ2n) is 6.33. The number of aryl methyl sites for hydroxylation is 1. The van der Waals surface area contributed by atoms with Crippen LogP contribution in [-0.4, -0.2) is 24.9 Å². The van der Waals surface area contributed by atoms with Gasteiger partial charge < -0.3 is 9.09 Å². The first-order valence-corrected chi connectivity index (χ1v) is 9.38. The van der Waals surface area contributed by atoms with Gasteiger partial charge in [0.05, 0.1) is 5.25 Å². The van der Waals surface area contributed by atoms with Gasteiger partial charge in [-0.15, -0.1) is 10.2 Å². The number of rotatable bonds is 6. The van der Waals surface area contributed by atoms with Crippen molar-refractivity contribution in [2.45, 2.75) is 57.5 Å². The fraction of sp³-hybridized carbons (Fsp3) is 0.444. The Morgan fingerprint density at radius 2 is 2.00 bits per heavy atom. The molecule has 0 aliphatic carbocycles. The number of hydrogen-bond acceptors (Lipinski definition) is 6. The number of benzene rings is 1. The lowest BCUT2D eigenvalue weighted by Crippen LogP contribution is -2.01. The number of thioether (sulfide) groups is 1. The van der Waals surface area contributed by atoms with Crippen molar-refractivity contribution >= 4 is 11.8 Å². The first kappa shape index (κ1) is 17.7. The number of nitrogens with zero attached hydrogens (tertiary/aromatic N) is 5. The van der Waals surface area contributed by atoms with E-state index in [4.69, 9.17) is 4.52 Å². The summed E-state index contributed by atoms with van der Waals surface area (Å²) in [5.74, 6) is 2.49. The van der Waals surface area contributed by atoms with Crippen molar-refractivity contribution in [3.05, 3.63) is 41.5 Å². The summed E-state index contributed by atoms with van der Waals surface area (Å²) in [7, 11) is 0. The molecule has 0 aliphatic heterocycles. The lowest BCUT2D eigenvalue weighted by atomic mass is 10.1. The van der Waals surface area contributed by atoms with Crippen molar-refractivity contribution in [3.63, 3.8) is 0 Å². The van der Waals surface area contributed by atoms with Gasteiger partial charge in [-0.3, -0.25) is 0 Å². The summed E-state index contributed by atoms with van der Waals surface area (Å²) in [6.07, 6.45) is 0. The first-order chi connectivity index (χ1) is 12.0. The quantitative estimate of drug-likeness (QED) is 0.599. The highest BCUT2D eigenvalue weighted by atomic mass is 32.2. The molecular formula is C18H23N5OS. The van der Waals surface area contributed by atoms with Crippen molar-refractivity contribution in [1.29, 1.82) is 0 Å². The van der Waals surface area contributed by atoms with Gasteiger partial charge in [0, 0.05) is 18.0 Å². The molecule has 0 radical (unpaired) electrons. The predicted octanol–water partition coefficient (Wildman–Crippen LogP) is 4.63. The fourth-order valence-corrected chi connectivity index (χ4v) is 3.46. The van der Waals surface area contributed by atoms with Crippen LogP contribution < -0.4 is 0 Å². The third-order valence-electron chi connectivity index (χ3n) is 3.91. The topological polar surface area (TPSA) is 69.6 Å². The average Bonchev–Trinajstić information content (AvgIpc) is 3.21. The van der Waals surface area contributed by atoms with Gasteiger partial charge in [-0.2, -0.15) is 4.98 Å². The van der Waals surface area contributed by atoms with Crippen LogP contribution >= 0.6 is 11.8 Å². The third-order valence-corrected chi connectivity index (χ3v) is 4.98. The molecule has 25 heavy (non-hydrogen) atoms. The van der Waals surface area contributed by atoms with Crippen molar-refractivity contribution < 1.29 is 4.52 Å². The fourth-order valence-electron chi connectivity index (χ4n) is 2.51. The van der Waals surface area contributed by atoms with E-state index in [2.05, 4.69) is 57.0 Å². The Bertz CT molecular complexity index is 855. The summed E-state index contributed by atoms with van der Waals surface area (Å²) < 4.78 is 7.52. The van der Waals surface area contributed by atoms with Crippen LogP contribution in [0.25, 0.3) is 11.4 Å². The second-order valence-corrected chi connectivity index (χ2v) is 7.63. The highest BCUT2D eigenvalue weighted by Crippen LogP contribution is 2.35. The van der Waals surface area contributed by atoms with E-state index in [1.54, 1.807) is 11.8 Å². The summed E-state index contributed by atoms with van der Waals surface area (Å²) in [6, 6.07) is 8.31. The minimum Gasteiger partial charge on any atom is -0.338 e. The zero-order chi connectivity index (χ0) is 18.0. The van der Waals surface area contributed by atoms with Gasteiger partial charge in [-0.25, -0.2) is 0 Å². The van der Waals surface area contributed by atoms with E-state index >= 15 is 0 Å². The van der Waals surface area contributed by atoms with Gasteiger partial charge in [0.2, 0.25) is 5.89 Å². The molecule has 0 spiro atoms. The molecule has 1 aromatic carbocycles. The Kier molecular flexibility index (Phi) is 5.22. The summed E-state index contributed by atoms with van der Waals surface area (Å²) in [4.78, 5) is 4.48. The molecule has 3 aromatic rings. The minimum atomic E-state index is 0.0138. The maximum Gasteiger partial charge on any atom is 0.239 e. The Hall–Kier alpha value is -2.15. The van der Waals surface area contributed by atoms with Gasteiger partial charge in [0.15, 0.2) is 16.8 Å². The smallest absolute Gasteiger partial charge is 0.239 e. The van der Waals surface area contributed by atoms with Crippen molar-refractivity contribution in [3.8, 4) is 11.4 Å². The highest BCUT2D eigenvalue weighted by molar-refractivity contribution is 7.99. The summed E-state index contributed by atoms with van der Waals surface area (Å²) in [5, 5.41) is 13.7. The van der Waals surface area contributed by atoms with Gasteiger partial charge in [-0.05, 0) is 26.8 Å². The Balaban J connectivity index is 1.85. The molecule has 2 heterocycles. The monoisotopic (exact) mass is 357 g/mol. The van der Waals surface area contributed by atoms with E-state index in [0.29, 0.717) is 5.89 Å². The van der Waals surface area contributed by atoms with E-state index in [1.165, 1.54) is 5.56 Å². The summed E-state index contributed by atoms with van der Waals surface area (Å²) in [6.45, 7) is 11.1. The van der Waals surface area contributed by atoms with E-state index in [-0.39, 0.29) is 11.2 Å². The largest absolute Gasteiger partial charge is 0.338 e. The Morgan fingerprint density at radius 1 is 1.20 bits per heavy atom. The molecule has 0 bridgehead atoms. The molecule has 0 amide bonds. The van der Waals surface area contributed by atoms with Crippen molar-refractivity contribution in [1.82, 2.24) is 24.9 Å². The minimum absolute atomic E-state index is 0.0138. The molecule has 3 rings (SSSR count). The van der Waals surface area contributed by atoms with Gasteiger partial charge in [0.25, 0.3) is 0 Å². The van der Waals surface area contributed by atoms with E-state index < -0.39 is 0 Å². The van der Waals surface area contributed by atoms with E-state index in [0.717, 1.165) is 28.9 Å². The molecule has 1 unspecified atom stereocenters. The van der Waals surface area contributed by atoms with Crippen molar-refractivity contribution in [2.24, 2.45) is 0 Å². The molecular weight excluding hydrogens is 334 g/mol. The van der Waals surface area contributed by atoms with Crippen LogP contribution in [0.2, 0.25) is 0 Å². The van der Waals surface area contributed by atoms with Gasteiger partial charge >= 0.3 is 0 Å². The first-order valence-electron chi connectivity index (χ1n) is 8.50. The maximum atomic E-state index is 5.40. The normalized spacial score (nSPS) is 12.7. The third kappa shape index (κ3) is 3.76. The molecule has 0 N–H and O–H groups in total. The van der Waals surface area contributed by atoms with Crippen molar-refractivity contribution in [2.75, 3.05) is 0 Å². The zero-order valence-electron chi connectivity index (χ0n) is 15.2. The molecule has 132 valence electrons. The number of hydrogen-bond donors (Lipinski definition) is 0. The Morgan fingerprint density at radius 3 is 2.64 bits per heavy atom. The van der Waals surface area contributed by atoms with Gasteiger partial charge in [-0.1, -0.05) is 54.5 Å².